The molecule has 1 aromatic carbocycles. The average molecular weight is 312 g/mol. The smallest absolute Gasteiger partial charge is 0.296 e. The number of nitrogens with two attached hydrogens (primary N) is 1. The van der Waals surface area contributed by atoms with E-state index in [0.29, 0.717) is 17.9 Å². The fourth-order valence-electron chi connectivity index (χ4n) is 2.49. The van der Waals surface area contributed by atoms with Gasteiger partial charge >= 0.3 is 0 Å². The quantitative estimate of drug-likeness (QED) is 0.638. The predicted molar refractivity (Wildman–Crippen MR) is 82.0 cm³/mol. The first-order chi connectivity index (χ1) is 9.85. The van der Waals surface area contributed by atoms with Gasteiger partial charge in [-0.1, -0.05) is 13.0 Å². The molecule has 1 heterocycles. The molecule has 2 rings (SSSR count). The van der Waals surface area contributed by atoms with Gasteiger partial charge in [-0.15, -0.1) is 0 Å². The minimum atomic E-state index is -3.83. The van der Waals surface area contributed by atoms with E-state index in [-0.39, 0.29) is 5.91 Å². The summed E-state index contributed by atoms with van der Waals surface area (Å²) in [5.41, 5.74) is 0.447. The number of benzene rings is 1. The van der Waals surface area contributed by atoms with E-state index in [0.717, 1.165) is 19.4 Å². The molecule has 1 atom stereocenters. The Morgan fingerprint density at radius 2 is 2.14 bits per heavy atom. The van der Waals surface area contributed by atoms with E-state index < -0.39 is 15.6 Å². The lowest BCUT2D eigenvalue weighted by Crippen LogP contribution is -2.37. The fraction of sp³-hybridized carbons (Fsp3) is 0.462. The first-order valence-corrected chi connectivity index (χ1v) is 8.32. The maximum Gasteiger partial charge on any atom is 0.296 e. The highest BCUT2D eigenvalue weighted by molar-refractivity contribution is 7.90. The van der Waals surface area contributed by atoms with Gasteiger partial charge in [-0.3, -0.25) is 9.52 Å². The number of carbonyl (C=O) groups is 1. The van der Waals surface area contributed by atoms with Crippen molar-refractivity contribution in [2.24, 2.45) is 10.6 Å². The fourth-order valence-corrected chi connectivity index (χ4v) is 2.94. The molecule has 0 radical (unpaired) electrons. The van der Waals surface area contributed by atoms with E-state index in [9.17, 15) is 13.2 Å². The van der Waals surface area contributed by atoms with Gasteiger partial charge in [0.25, 0.3) is 10.2 Å². The van der Waals surface area contributed by atoms with Crippen molar-refractivity contribution in [3.8, 4) is 0 Å². The third-order valence-corrected chi connectivity index (χ3v) is 4.30. The van der Waals surface area contributed by atoms with Gasteiger partial charge in [0.05, 0.1) is 11.1 Å². The number of anilines is 2. The molecule has 1 aliphatic rings. The second-order valence-electron chi connectivity index (χ2n) is 5.24. The van der Waals surface area contributed by atoms with Crippen molar-refractivity contribution in [2.45, 2.75) is 19.8 Å². The standard InChI is InChI=1S/C13H20N4O3S/c1-2-13(6-7-15-9-13)12(18)16-10-4-3-5-11(8-10)17-21(14,19)20/h3-5,8,15,17H,2,6-7,9H2,1H3,(H,16,18)(H2,14,19,20). The van der Waals surface area contributed by atoms with Crippen molar-refractivity contribution in [3.63, 3.8) is 0 Å². The summed E-state index contributed by atoms with van der Waals surface area (Å²) in [5, 5.41) is 11.0. The van der Waals surface area contributed by atoms with Crippen LogP contribution in [0, 0.1) is 5.41 Å². The first kappa shape index (κ1) is 15.7. The molecule has 0 bridgehead atoms. The molecule has 21 heavy (non-hydrogen) atoms. The van der Waals surface area contributed by atoms with Gasteiger partial charge in [0, 0.05) is 12.2 Å². The number of rotatable bonds is 5. The summed E-state index contributed by atoms with van der Waals surface area (Å²) >= 11 is 0. The van der Waals surface area contributed by atoms with E-state index in [4.69, 9.17) is 5.14 Å². The van der Waals surface area contributed by atoms with Gasteiger partial charge in [0.15, 0.2) is 0 Å². The summed E-state index contributed by atoms with van der Waals surface area (Å²) in [6.45, 7) is 3.48. The Bertz CT molecular complexity index is 624. The van der Waals surface area contributed by atoms with Crippen LogP contribution in [-0.2, 0) is 15.0 Å². The summed E-state index contributed by atoms with van der Waals surface area (Å²) in [4.78, 5) is 12.4. The first-order valence-electron chi connectivity index (χ1n) is 6.77. The van der Waals surface area contributed by atoms with Crippen molar-refractivity contribution in [2.75, 3.05) is 23.1 Å². The van der Waals surface area contributed by atoms with Gasteiger partial charge in [-0.25, -0.2) is 5.14 Å². The normalized spacial score (nSPS) is 22.0. The van der Waals surface area contributed by atoms with Gasteiger partial charge in [-0.05, 0) is 37.6 Å². The molecular formula is C13H20N4O3S. The molecule has 116 valence electrons. The Labute approximate surface area is 124 Å². The second-order valence-corrected chi connectivity index (χ2v) is 6.54. The zero-order chi connectivity index (χ0) is 15.5. The maximum absolute atomic E-state index is 12.4. The van der Waals surface area contributed by atoms with Crippen LogP contribution in [0.15, 0.2) is 24.3 Å². The molecule has 7 nitrogen and oxygen atoms in total. The average Bonchev–Trinajstić information content (AvgIpc) is 2.87. The van der Waals surface area contributed by atoms with Crippen LogP contribution >= 0.6 is 0 Å². The van der Waals surface area contributed by atoms with E-state index in [1.165, 1.54) is 6.07 Å². The lowest BCUT2D eigenvalue weighted by molar-refractivity contribution is -0.124. The van der Waals surface area contributed by atoms with Gasteiger partial charge in [0.1, 0.15) is 0 Å². The van der Waals surface area contributed by atoms with Crippen LogP contribution < -0.4 is 20.5 Å². The Balaban J connectivity index is 2.12. The molecule has 1 saturated heterocycles. The maximum atomic E-state index is 12.4. The summed E-state index contributed by atoms with van der Waals surface area (Å²) in [6, 6.07) is 6.45. The summed E-state index contributed by atoms with van der Waals surface area (Å²) < 4.78 is 24.2. The second kappa shape index (κ2) is 6.00. The number of hydrogen-bond donors (Lipinski definition) is 4. The van der Waals surface area contributed by atoms with Crippen LogP contribution in [0.25, 0.3) is 0 Å². The lowest BCUT2D eigenvalue weighted by Gasteiger charge is -2.25. The van der Waals surface area contributed by atoms with Crippen LogP contribution in [0.2, 0.25) is 0 Å². The van der Waals surface area contributed by atoms with Crippen LogP contribution in [0.5, 0.6) is 0 Å². The molecule has 1 aliphatic heterocycles. The van der Waals surface area contributed by atoms with Crippen molar-refractivity contribution < 1.29 is 13.2 Å². The SMILES string of the molecule is CCC1(C(=O)Nc2cccc(NS(N)(=O)=O)c2)CCNC1. The van der Waals surface area contributed by atoms with Crippen molar-refractivity contribution in [1.29, 1.82) is 0 Å². The highest BCUT2D eigenvalue weighted by atomic mass is 32.2. The zero-order valence-corrected chi connectivity index (χ0v) is 12.7. The predicted octanol–water partition coefficient (Wildman–Crippen LogP) is 0.630. The molecule has 0 aromatic heterocycles. The van der Waals surface area contributed by atoms with E-state index in [2.05, 4.69) is 15.4 Å². The molecular weight excluding hydrogens is 292 g/mol. The molecule has 1 amide bonds. The Morgan fingerprint density at radius 1 is 1.43 bits per heavy atom. The topological polar surface area (TPSA) is 113 Å². The minimum Gasteiger partial charge on any atom is -0.325 e. The lowest BCUT2D eigenvalue weighted by atomic mass is 9.83. The van der Waals surface area contributed by atoms with Crippen LogP contribution in [0.3, 0.4) is 0 Å². The van der Waals surface area contributed by atoms with Crippen LogP contribution in [0.4, 0.5) is 11.4 Å². The molecule has 1 fully saturated rings. The number of carbonyl (C=O) groups excluding carboxylic acids is 1. The highest BCUT2D eigenvalue weighted by Crippen LogP contribution is 2.31. The summed E-state index contributed by atoms with van der Waals surface area (Å²) in [7, 11) is -3.83. The highest BCUT2D eigenvalue weighted by Gasteiger charge is 2.39. The third-order valence-electron chi connectivity index (χ3n) is 3.78. The van der Waals surface area contributed by atoms with E-state index in [1.807, 2.05) is 6.92 Å². The number of amides is 1. The molecule has 1 aromatic rings. The summed E-state index contributed by atoms with van der Waals surface area (Å²) in [6.07, 6.45) is 1.55. The van der Waals surface area contributed by atoms with Crippen molar-refractivity contribution >= 4 is 27.5 Å². The molecule has 0 saturated carbocycles. The van der Waals surface area contributed by atoms with Crippen LogP contribution in [0.1, 0.15) is 19.8 Å². The van der Waals surface area contributed by atoms with E-state index in [1.54, 1.807) is 18.2 Å². The molecule has 0 spiro atoms. The monoisotopic (exact) mass is 312 g/mol. The van der Waals surface area contributed by atoms with Crippen molar-refractivity contribution in [1.82, 2.24) is 5.32 Å². The van der Waals surface area contributed by atoms with E-state index >= 15 is 0 Å². The number of hydrogen-bond acceptors (Lipinski definition) is 4. The molecule has 0 aliphatic carbocycles. The minimum absolute atomic E-state index is 0.0530. The third kappa shape index (κ3) is 3.93. The Hall–Kier alpha value is -1.64. The zero-order valence-electron chi connectivity index (χ0n) is 11.8. The van der Waals surface area contributed by atoms with Crippen molar-refractivity contribution in [3.05, 3.63) is 24.3 Å². The van der Waals surface area contributed by atoms with Gasteiger partial charge < -0.3 is 10.6 Å². The Morgan fingerprint density at radius 3 is 2.71 bits per heavy atom. The van der Waals surface area contributed by atoms with Gasteiger partial charge in [-0.2, -0.15) is 8.42 Å². The van der Waals surface area contributed by atoms with Gasteiger partial charge in [0.2, 0.25) is 5.91 Å². The summed E-state index contributed by atoms with van der Waals surface area (Å²) in [5.74, 6) is -0.0530. The number of nitrogens with one attached hydrogen (secondary N) is 3. The molecule has 1 unspecified atom stereocenters. The molecule has 5 N–H and O–H groups in total. The Kier molecular flexibility index (Phi) is 4.50. The molecule has 8 heteroatoms. The van der Waals surface area contributed by atoms with Crippen LogP contribution in [-0.4, -0.2) is 27.4 Å². The largest absolute Gasteiger partial charge is 0.325 e.